The first-order chi connectivity index (χ1) is 6.86. The van der Waals surface area contributed by atoms with Gasteiger partial charge in [0.05, 0.1) is 17.3 Å². The Morgan fingerprint density at radius 1 is 1.43 bits per heavy atom. The van der Waals surface area contributed by atoms with E-state index in [0.29, 0.717) is 11.6 Å². The highest BCUT2D eigenvalue weighted by Gasteiger charge is 1.99. The quantitative estimate of drug-likeness (QED) is 0.873. The average Bonchev–Trinajstić information content (AvgIpc) is 2.69. The molecule has 2 heterocycles. The maximum atomic E-state index is 5.92. The van der Waals surface area contributed by atoms with Gasteiger partial charge in [-0.2, -0.15) is 0 Å². The van der Waals surface area contributed by atoms with Crippen molar-refractivity contribution >= 4 is 28.6 Å². The van der Waals surface area contributed by atoms with Gasteiger partial charge in [-0.1, -0.05) is 11.6 Å². The van der Waals surface area contributed by atoms with Gasteiger partial charge in [0.2, 0.25) is 0 Å². The van der Waals surface area contributed by atoms with E-state index in [2.05, 4.69) is 15.3 Å². The zero-order valence-corrected chi connectivity index (χ0v) is 8.85. The van der Waals surface area contributed by atoms with E-state index in [0.717, 1.165) is 10.7 Å². The third-order valence-corrected chi connectivity index (χ3v) is 2.77. The predicted molar refractivity (Wildman–Crippen MR) is 58.7 cm³/mol. The van der Waals surface area contributed by atoms with Gasteiger partial charge in [-0.3, -0.25) is 4.98 Å². The van der Waals surface area contributed by atoms with Crippen molar-refractivity contribution in [1.29, 1.82) is 0 Å². The standard InChI is InChI=1S/C9H8ClN3S/c10-7-5-11-2-1-8(7)13-6-9-12-3-4-14-9/h1-5H,6H2,(H,11,13). The smallest absolute Gasteiger partial charge is 0.112 e. The van der Waals surface area contributed by atoms with Crippen molar-refractivity contribution in [2.45, 2.75) is 6.54 Å². The first kappa shape index (κ1) is 9.43. The van der Waals surface area contributed by atoms with Crippen LogP contribution in [0.25, 0.3) is 0 Å². The van der Waals surface area contributed by atoms with Crippen molar-refractivity contribution in [1.82, 2.24) is 9.97 Å². The van der Waals surface area contributed by atoms with Crippen LogP contribution in [0.1, 0.15) is 5.01 Å². The SMILES string of the molecule is Clc1cnccc1NCc1nccs1. The molecule has 2 aromatic heterocycles. The lowest BCUT2D eigenvalue weighted by Gasteiger charge is -2.04. The molecule has 0 saturated heterocycles. The number of rotatable bonds is 3. The maximum Gasteiger partial charge on any atom is 0.112 e. The van der Waals surface area contributed by atoms with Gasteiger partial charge in [0.1, 0.15) is 5.01 Å². The van der Waals surface area contributed by atoms with Crippen LogP contribution in [0.15, 0.2) is 30.0 Å². The second kappa shape index (κ2) is 4.39. The monoisotopic (exact) mass is 225 g/mol. The van der Waals surface area contributed by atoms with Crippen LogP contribution in [0.2, 0.25) is 5.02 Å². The molecule has 2 rings (SSSR count). The van der Waals surface area contributed by atoms with E-state index >= 15 is 0 Å². The molecular weight excluding hydrogens is 218 g/mol. The van der Waals surface area contributed by atoms with E-state index in [1.165, 1.54) is 0 Å². The summed E-state index contributed by atoms with van der Waals surface area (Å²) in [6.07, 6.45) is 5.11. The van der Waals surface area contributed by atoms with Crippen LogP contribution >= 0.6 is 22.9 Å². The molecule has 0 atom stereocenters. The van der Waals surface area contributed by atoms with Gasteiger partial charge >= 0.3 is 0 Å². The first-order valence-corrected chi connectivity index (χ1v) is 5.34. The van der Waals surface area contributed by atoms with E-state index < -0.39 is 0 Å². The summed E-state index contributed by atoms with van der Waals surface area (Å²) >= 11 is 7.54. The van der Waals surface area contributed by atoms with Gasteiger partial charge in [0, 0.05) is 24.0 Å². The molecule has 0 radical (unpaired) electrons. The fraction of sp³-hybridized carbons (Fsp3) is 0.111. The van der Waals surface area contributed by atoms with E-state index in [1.54, 1.807) is 29.9 Å². The molecule has 0 aliphatic carbocycles. The minimum atomic E-state index is 0.629. The molecule has 0 aromatic carbocycles. The largest absolute Gasteiger partial charge is 0.377 e. The summed E-state index contributed by atoms with van der Waals surface area (Å²) in [4.78, 5) is 8.06. The Balaban J connectivity index is 2.02. The van der Waals surface area contributed by atoms with Crippen LogP contribution in [0, 0.1) is 0 Å². The van der Waals surface area contributed by atoms with Crippen molar-refractivity contribution in [3.8, 4) is 0 Å². The molecule has 0 unspecified atom stereocenters. The van der Waals surface area contributed by atoms with Gasteiger partial charge in [-0.05, 0) is 6.07 Å². The number of aromatic nitrogens is 2. The van der Waals surface area contributed by atoms with Gasteiger partial charge in [0.15, 0.2) is 0 Å². The highest BCUT2D eigenvalue weighted by Crippen LogP contribution is 2.20. The number of nitrogens with zero attached hydrogens (tertiary/aromatic N) is 2. The molecule has 5 heteroatoms. The minimum absolute atomic E-state index is 0.629. The molecule has 0 fully saturated rings. The summed E-state index contributed by atoms with van der Waals surface area (Å²) in [7, 11) is 0. The Kier molecular flexibility index (Phi) is 2.96. The fourth-order valence-corrected chi connectivity index (χ4v) is 1.77. The zero-order chi connectivity index (χ0) is 9.80. The summed E-state index contributed by atoms with van der Waals surface area (Å²) in [6, 6.07) is 1.84. The van der Waals surface area contributed by atoms with Crippen LogP contribution in [0.4, 0.5) is 5.69 Å². The van der Waals surface area contributed by atoms with Gasteiger partial charge in [0.25, 0.3) is 0 Å². The van der Waals surface area contributed by atoms with E-state index in [1.807, 2.05) is 11.4 Å². The van der Waals surface area contributed by atoms with E-state index in [9.17, 15) is 0 Å². The normalized spacial score (nSPS) is 10.1. The molecule has 0 bridgehead atoms. The van der Waals surface area contributed by atoms with Crippen molar-refractivity contribution < 1.29 is 0 Å². The Labute approximate surface area is 90.8 Å². The second-order valence-electron chi connectivity index (χ2n) is 2.63. The van der Waals surface area contributed by atoms with Gasteiger partial charge in [-0.15, -0.1) is 11.3 Å². The fourth-order valence-electron chi connectivity index (χ4n) is 1.03. The summed E-state index contributed by atoms with van der Waals surface area (Å²) in [6.45, 7) is 0.696. The summed E-state index contributed by atoms with van der Waals surface area (Å²) in [5, 5.41) is 6.81. The molecule has 2 aromatic rings. The Morgan fingerprint density at radius 2 is 2.36 bits per heavy atom. The topological polar surface area (TPSA) is 37.8 Å². The summed E-state index contributed by atoms with van der Waals surface area (Å²) < 4.78 is 0. The highest BCUT2D eigenvalue weighted by atomic mass is 35.5. The Hall–Kier alpha value is -1.13. The lowest BCUT2D eigenvalue weighted by molar-refractivity contribution is 1.10. The molecule has 0 aliphatic heterocycles. The number of hydrogen-bond donors (Lipinski definition) is 1. The van der Waals surface area contributed by atoms with Crippen molar-refractivity contribution in [3.63, 3.8) is 0 Å². The van der Waals surface area contributed by atoms with Crippen LogP contribution in [0.3, 0.4) is 0 Å². The highest BCUT2D eigenvalue weighted by molar-refractivity contribution is 7.09. The van der Waals surface area contributed by atoms with Gasteiger partial charge < -0.3 is 5.32 Å². The van der Waals surface area contributed by atoms with Crippen LogP contribution in [-0.2, 0) is 6.54 Å². The molecule has 14 heavy (non-hydrogen) atoms. The molecule has 0 amide bonds. The zero-order valence-electron chi connectivity index (χ0n) is 7.27. The van der Waals surface area contributed by atoms with Crippen LogP contribution in [0.5, 0.6) is 0 Å². The number of anilines is 1. The summed E-state index contributed by atoms with van der Waals surface area (Å²) in [5.41, 5.74) is 0.886. The van der Waals surface area contributed by atoms with Crippen LogP contribution < -0.4 is 5.32 Å². The Morgan fingerprint density at radius 3 is 3.07 bits per heavy atom. The predicted octanol–water partition coefficient (Wildman–Crippen LogP) is 2.80. The van der Waals surface area contributed by atoms with E-state index in [-0.39, 0.29) is 0 Å². The third kappa shape index (κ3) is 2.21. The minimum Gasteiger partial charge on any atom is -0.377 e. The lowest BCUT2D eigenvalue weighted by atomic mass is 10.4. The number of halogens is 1. The molecular formula is C9H8ClN3S. The number of pyridine rings is 1. The maximum absolute atomic E-state index is 5.92. The van der Waals surface area contributed by atoms with Crippen LogP contribution in [-0.4, -0.2) is 9.97 Å². The Bertz CT molecular complexity index is 402. The molecule has 0 spiro atoms. The van der Waals surface area contributed by atoms with Crippen molar-refractivity contribution in [2.75, 3.05) is 5.32 Å². The molecule has 0 saturated carbocycles. The first-order valence-electron chi connectivity index (χ1n) is 4.08. The van der Waals surface area contributed by atoms with Crippen molar-refractivity contribution in [3.05, 3.63) is 40.1 Å². The second-order valence-corrected chi connectivity index (χ2v) is 4.02. The molecule has 1 N–H and O–H groups in total. The average molecular weight is 226 g/mol. The van der Waals surface area contributed by atoms with Crippen molar-refractivity contribution in [2.24, 2.45) is 0 Å². The summed E-state index contributed by atoms with van der Waals surface area (Å²) in [5.74, 6) is 0. The number of nitrogens with one attached hydrogen (secondary N) is 1. The molecule has 3 nitrogen and oxygen atoms in total. The van der Waals surface area contributed by atoms with E-state index in [4.69, 9.17) is 11.6 Å². The number of thiazole rings is 1. The molecule has 0 aliphatic rings. The number of hydrogen-bond acceptors (Lipinski definition) is 4. The molecule has 72 valence electrons. The lowest BCUT2D eigenvalue weighted by Crippen LogP contribution is -1.99. The third-order valence-electron chi connectivity index (χ3n) is 1.69. The van der Waals surface area contributed by atoms with Gasteiger partial charge in [-0.25, -0.2) is 4.98 Å².